The monoisotopic (exact) mass is 335 g/mol. The molecule has 1 unspecified atom stereocenters. The van der Waals surface area contributed by atoms with Crippen molar-refractivity contribution in [2.45, 2.75) is 24.7 Å². The van der Waals surface area contributed by atoms with Gasteiger partial charge in [-0.05, 0) is 24.8 Å². The molecule has 1 rings (SSSR count). The van der Waals surface area contributed by atoms with Crippen LogP contribution in [0.2, 0.25) is 5.02 Å². The lowest BCUT2D eigenvalue weighted by atomic mass is 10.1. The number of alkyl halides is 1. The molecule has 0 aliphatic rings. The average molecular weight is 337 g/mol. The third-order valence-corrected chi connectivity index (χ3v) is 4.62. The van der Waals surface area contributed by atoms with E-state index in [1.165, 1.54) is 11.3 Å². The van der Waals surface area contributed by atoms with Crippen LogP contribution in [0, 0.1) is 0 Å². The summed E-state index contributed by atoms with van der Waals surface area (Å²) in [5.74, 6) is 1.14. The van der Waals surface area contributed by atoms with Crippen LogP contribution in [-0.2, 0) is 5.33 Å². The van der Waals surface area contributed by atoms with Crippen LogP contribution in [0.1, 0.15) is 18.9 Å². The molecule has 0 aliphatic carbocycles. The molecule has 0 N–H and O–H groups in total. The maximum Gasteiger partial charge on any atom is 0.0467 e. The molecule has 0 radical (unpaired) electrons. The molecular formula is C13H19BrClNS. The molecule has 1 nitrogen and oxygen atoms in total. The minimum Gasteiger partial charge on any atom is -0.371 e. The van der Waals surface area contributed by atoms with Crippen LogP contribution in [0.15, 0.2) is 18.2 Å². The van der Waals surface area contributed by atoms with Crippen molar-refractivity contribution in [2.75, 3.05) is 24.0 Å². The molecule has 17 heavy (non-hydrogen) atoms. The van der Waals surface area contributed by atoms with Crippen molar-refractivity contribution in [3.8, 4) is 0 Å². The first-order valence-electron chi connectivity index (χ1n) is 5.70. The van der Waals surface area contributed by atoms with Crippen molar-refractivity contribution >= 4 is 45.0 Å². The Morgan fingerprint density at radius 3 is 2.71 bits per heavy atom. The predicted molar refractivity (Wildman–Crippen MR) is 84.9 cm³/mol. The van der Waals surface area contributed by atoms with Crippen LogP contribution in [0.3, 0.4) is 0 Å². The highest BCUT2D eigenvalue weighted by Gasteiger charge is 2.16. The topological polar surface area (TPSA) is 3.24 Å². The van der Waals surface area contributed by atoms with Gasteiger partial charge in [0.25, 0.3) is 0 Å². The second kappa shape index (κ2) is 7.55. The Labute approximate surface area is 122 Å². The Hall–Kier alpha value is 0.140. The number of benzene rings is 1. The fourth-order valence-electron chi connectivity index (χ4n) is 1.90. The van der Waals surface area contributed by atoms with Gasteiger partial charge in [0, 0.05) is 40.4 Å². The summed E-state index contributed by atoms with van der Waals surface area (Å²) in [6.45, 7) is 2.23. The van der Waals surface area contributed by atoms with Gasteiger partial charge in [0.2, 0.25) is 0 Å². The van der Waals surface area contributed by atoms with E-state index in [9.17, 15) is 0 Å². The van der Waals surface area contributed by atoms with Gasteiger partial charge in [-0.3, -0.25) is 0 Å². The molecule has 4 heteroatoms. The molecule has 0 aliphatic heterocycles. The quantitative estimate of drug-likeness (QED) is 0.686. The number of hydrogen-bond acceptors (Lipinski definition) is 2. The lowest BCUT2D eigenvalue weighted by molar-refractivity contribution is 0.672. The highest BCUT2D eigenvalue weighted by Crippen LogP contribution is 2.30. The molecule has 1 atom stereocenters. The standard InChI is InChI=1S/C13H19BrClNS/c1-4-10(9-17-3)16(2)13-7-5-6-12(15)11(13)8-14/h5-7,10H,4,8-9H2,1-3H3. The molecule has 1 aromatic carbocycles. The van der Waals surface area contributed by atoms with Gasteiger partial charge in [-0.2, -0.15) is 11.8 Å². The van der Waals surface area contributed by atoms with Gasteiger partial charge in [-0.15, -0.1) is 0 Å². The Balaban J connectivity index is 3.01. The van der Waals surface area contributed by atoms with Gasteiger partial charge in [-0.1, -0.05) is 40.5 Å². The first-order valence-corrected chi connectivity index (χ1v) is 8.60. The van der Waals surface area contributed by atoms with Gasteiger partial charge in [0.1, 0.15) is 0 Å². The number of rotatable bonds is 6. The van der Waals surface area contributed by atoms with E-state index >= 15 is 0 Å². The summed E-state index contributed by atoms with van der Waals surface area (Å²) in [5.41, 5.74) is 2.41. The second-order valence-corrected chi connectivity index (χ2v) is 5.88. The van der Waals surface area contributed by atoms with Crippen LogP contribution >= 0.6 is 39.3 Å². The lowest BCUT2D eigenvalue weighted by Gasteiger charge is -2.30. The Morgan fingerprint density at radius 2 is 2.18 bits per heavy atom. The fourth-order valence-corrected chi connectivity index (χ4v) is 3.73. The smallest absolute Gasteiger partial charge is 0.0467 e. The van der Waals surface area contributed by atoms with E-state index in [2.05, 4.69) is 47.1 Å². The van der Waals surface area contributed by atoms with Gasteiger partial charge < -0.3 is 4.90 Å². The van der Waals surface area contributed by atoms with Gasteiger partial charge in [-0.25, -0.2) is 0 Å². The summed E-state index contributed by atoms with van der Waals surface area (Å²) < 4.78 is 0. The predicted octanol–water partition coefficient (Wildman–Crippen LogP) is 4.81. The van der Waals surface area contributed by atoms with Crippen molar-refractivity contribution in [3.05, 3.63) is 28.8 Å². The molecule has 96 valence electrons. The molecule has 0 aromatic heterocycles. The number of anilines is 1. The zero-order valence-corrected chi connectivity index (χ0v) is 13.7. The zero-order chi connectivity index (χ0) is 12.8. The van der Waals surface area contributed by atoms with E-state index in [1.807, 2.05) is 23.9 Å². The molecule has 0 bridgehead atoms. The molecule has 0 saturated heterocycles. The molecule has 0 heterocycles. The third kappa shape index (κ3) is 3.80. The van der Waals surface area contributed by atoms with Crippen LogP contribution in [0.25, 0.3) is 0 Å². The molecule has 0 saturated carbocycles. The summed E-state index contributed by atoms with van der Waals surface area (Å²) in [4.78, 5) is 2.35. The SMILES string of the molecule is CCC(CSC)N(C)c1cccc(Cl)c1CBr. The van der Waals surface area contributed by atoms with Crippen LogP contribution < -0.4 is 4.90 Å². The number of halogens is 2. The summed E-state index contributed by atoms with van der Waals surface area (Å²) in [7, 11) is 2.15. The van der Waals surface area contributed by atoms with Gasteiger partial charge in [0.05, 0.1) is 0 Å². The summed E-state index contributed by atoms with van der Waals surface area (Å²) >= 11 is 11.6. The Bertz CT molecular complexity index is 359. The van der Waals surface area contributed by atoms with Crippen LogP contribution in [-0.4, -0.2) is 25.1 Å². The summed E-state index contributed by atoms with van der Waals surface area (Å²) in [6.07, 6.45) is 3.30. The third-order valence-electron chi connectivity index (χ3n) is 2.99. The Morgan fingerprint density at radius 1 is 1.47 bits per heavy atom. The molecule has 0 spiro atoms. The van der Waals surface area contributed by atoms with Crippen LogP contribution in [0.5, 0.6) is 0 Å². The van der Waals surface area contributed by atoms with Crippen molar-refractivity contribution in [3.63, 3.8) is 0 Å². The molecular weight excluding hydrogens is 318 g/mol. The number of thioether (sulfide) groups is 1. The van der Waals surface area contributed by atoms with E-state index in [0.717, 1.165) is 22.5 Å². The van der Waals surface area contributed by atoms with Crippen LogP contribution in [0.4, 0.5) is 5.69 Å². The lowest BCUT2D eigenvalue weighted by Crippen LogP contribution is -2.33. The largest absolute Gasteiger partial charge is 0.371 e. The van der Waals surface area contributed by atoms with E-state index < -0.39 is 0 Å². The van der Waals surface area contributed by atoms with E-state index in [0.29, 0.717) is 6.04 Å². The second-order valence-electron chi connectivity index (χ2n) is 4.00. The maximum absolute atomic E-state index is 6.24. The van der Waals surface area contributed by atoms with Gasteiger partial charge in [0.15, 0.2) is 0 Å². The van der Waals surface area contributed by atoms with Crippen molar-refractivity contribution in [1.29, 1.82) is 0 Å². The highest BCUT2D eigenvalue weighted by molar-refractivity contribution is 9.08. The number of nitrogens with zero attached hydrogens (tertiary/aromatic N) is 1. The minimum absolute atomic E-state index is 0.557. The van der Waals surface area contributed by atoms with Crippen molar-refractivity contribution < 1.29 is 0 Å². The fraction of sp³-hybridized carbons (Fsp3) is 0.538. The normalized spacial score (nSPS) is 12.5. The molecule has 1 aromatic rings. The summed E-state index contributed by atoms with van der Waals surface area (Å²) in [5, 5.41) is 1.63. The summed E-state index contributed by atoms with van der Waals surface area (Å²) in [6, 6.07) is 6.67. The Kier molecular flexibility index (Phi) is 6.75. The molecule has 0 fully saturated rings. The minimum atomic E-state index is 0.557. The van der Waals surface area contributed by atoms with E-state index in [-0.39, 0.29) is 0 Å². The van der Waals surface area contributed by atoms with E-state index in [1.54, 1.807) is 0 Å². The zero-order valence-electron chi connectivity index (χ0n) is 10.5. The van der Waals surface area contributed by atoms with E-state index in [4.69, 9.17) is 11.6 Å². The number of hydrogen-bond donors (Lipinski definition) is 0. The van der Waals surface area contributed by atoms with Crippen molar-refractivity contribution in [1.82, 2.24) is 0 Å². The maximum atomic E-state index is 6.24. The highest BCUT2D eigenvalue weighted by atomic mass is 79.9. The first-order chi connectivity index (χ1) is 8.15. The average Bonchev–Trinajstić information content (AvgIpc) is 2.34. The first kappa shape index (κ1) is 15.2. The molecule has 0 amide bonds. The van der Waals surface area contributed by atoms with Gasteiger partial charge >= 0.3 is 0 Å². The van der Waals surface area contributed by atoms with Crippen molar-refractivity contribution in [2.24, 2.45) is 0 Å².